The van der Waals surface area contributed by atoms with Crippen LogP contribution < -0.4 is 5.32 Å². The highest BCUT2D eigenvalue weighted by atomic mass is 15.0. The van der Waals surface area contributed by atoms with Crippen molar-refractivity contribution in [3.05, 3.63) is 0 Å². The minimum absolute atomic E-state index is 0.611. The van der Waals surface area contributed by atoms with Crippen LogP contribution in [-0.2, 0) is 0 Å². The smallest absolute Gasteiger partial charge is 0.00843 e. The van der Waals surface area contributed by atoms with Crippen molar-refractivity contribution in [3.8, 4) is 0 Å². The molecule has 0 aromatic heterocycles. The Kier molecular flexibility index (Phi) is 8.77. The van der Waals surface area contributed by atoms with E-state index in [0.717, 1.165) is 6.04 Å². The van der Waals surface area contributed by atoms with Crippen molar-refractivity contribution in [2.75, 3.05) is 6.54 Å². The summed E-state index contributed by atoms with van der Waals surface area (Å²) in [6.07, 6.45) is 17.1. The summed E-state index contributed by atoms with van der Waals surface area (Å²) in [5.41, 5.74) is 0.611. The fourth-order valence-electron chi connectivity index (χ4n) is 3.40. The van der Waals surface area contributed by atoms with Gasteiger partial charge >= 0.3 is 0 Å². The maximum atomic E-state index is 3.60. The normalized spacial score (nSPS) is 19.4. The van der Waals surface area contributed by atoms with E-state index in [0.29, 0.717) is 5.41 Å². The topological polar surface area (TPSA) is 12.0 Å². The lowest BCUT2D eigenvalue weighted by atomic mass is 9.73. The first-order valence-electron chi connectivity index (χ1n) is 8.93. The third-order valence-corrected chi connectivity index (χ3v) is 4.93. The summed E-state index contributed by atoms with van der Waals surface area (Å²) in [6.45, 7) is 8.43. The van der Waals surface area contributed by atoms with Gasteiger partial charge < -0.3 is 5.32 Å². The van der Waals surface area contributed by atoms with Gasteiger partial charge in [0.15, 0.2) is 0 Å². The summed E-state index contributed by atoms with van der Waals surface area (Å²) in [5, 5.41) is 3.60. The average molecular weight is 268 g/mol. The molecule has 1 aliphatic heterocycles. The zero-order valence-electron chi connectivity index (χ0n) is 13.8. The standard InChI is InChI=1S/C18H37N/c1-4-6-8-10-13-18(3,14-11-9-7-5-2)16-17-12-15-19-17/h17,19H,4-16H2,1-3H3. The molecule has 1 unspecified atom stereocenters. The first-order valence-corrected chi connectivity index (χ1v) is 8.93. The number of rotatable bonds is 12. The highest BCUT2D eigenvalue weighted by molar-refractivity contribution is 4.86. The van der Waals surface area contributed by atoms with Crippen LogP contribution in [0.5, 0.6) is 0 Å². The second kappa shape index (κ2) is 9.80. The minimum Gasteiger partial charge on any atom is -0.314 e. The molecular formula is C18H37N. The fourth-order valence-corrected chi connectivity index (χ4v) is 3.40. The molecule has 0 aromatic carbocycles. The second-order valence-electron chi connectivity index (χ2n) is 7.08. The van der Waals surface area contributed by atoms with Crippen molar-refractivity contribution < 1.29 is 0 Å². The van der Waals surface area contributed by atoms with Crippen LogP contribution in [0.15, 0.2) is 0 Å². The lowest BCUT2D eigenvalue weighted by Crippen LogP contribution is -2.45. The van der Waals surface area contributed by atoms with Crippen LogP contribution in [0.25, 0.3) is 0 Å². The predicted molar refractivity (Wildman–Crippen MR) is 86.6 cm³/mol. The Labute approximate surface area is 121 Å². The molecule has 0 amide bonds. The molecule has 0 aromatic rings. The highest BCUT2D eigenvalue weighted by Crippen LogP contribution is 2.37. The molecule has 0 aliphatic carbocycles. The van der Waals surface area contributed by atoms with Crippen LogP contribution in [0.2, 0.25) is 0 Å². The molecule has 1 aliphatic rings. The molecule has 1 fully saturated rings. The number of hydrogen-bond donors (Lipinski definition) is 1. The zero-order valence-corrected chi connectivity index (χ0v) is 13.8. The molecule has 19 heavy (non-hydrogen) atoms. The SMILES string of the molecule is CCCCCCC(C)(CCCCCC)CC1CCN1. The van der Waals surface area contributed by atoms with Gasteiger partial charge in [-0.05, 0) is 37.6 Å². The Morgan fingerprint density at radius 3 is 1.79 bits per heavy atom. The summed E-state index contributed by atoms with van der Waals surface area (Å²) in [7, 11) is 0. The maximum Gasteiger partial charge on any atom is 0.00843 e. The minimum atomic E-state index is 0.611. The van der Waals surface area contributed by atoms with Crippen molar-refractivity contribution in [3.63, 3.8) is 0 Å². The Morgan fingerprint density at radius 1 is 0.895 bits per heavy atom. The van der Waals surface area contributed by atoms with Gasteiger partial charge in [0.05, 0.1) is 0 Å². The summed E-state index contributed by atoms with van der Waals surface area (Å²) in [4.78, 5) is 0. The zero-order chi connectivity index (χ0) is 14.0. The Balaban J connectivity index is 2.27. The van der Waals surface area contributed by atoms with Gasteiger partial charge in [0.2, 0.25) is 0 Å². The molecule has 1 N–H and O–H groups in total. The third-order valence-electron chi connectivity index (χ3n) is 4.93. The van der Waals surface area contributed by atoms with Crippen LogP contribution >= 0.6 is 0 Å². The van der Waals surface area contributed by atoms with Gasteiger partial charge in [-0.2, -0.15) is 0 Å². The van der Waals surface area contributed by atoms with Crippen LogP contribution in [0, 0.1) is 5.41 Å². The monoisotopic (exact) mass is 267 g/mol. The van der Waals surface area contributed by atoms with E-state index in [1.165, 1.54) is 83.6 Å². The molecule has 1 rings (SSSR count). The quantitative estimate of drug-likeness (QED) is 0.448. The third kappa shape index (κ3) is 7.34. The molecule has 114 valence electrons. The van der Waals surface area contributed by atoms with Gasteiger partial charge in [0.25, 0.3) is 0 Å². The fraction of sp³-hybridized carbons (Fsp3) is 1.00. The molecule has 1 atom stereocenters. The van der Waals surface area contributed by atoms with Crippen molar-refractivity contribution in [2.45, 2.75) is 104 Å². The van der Waals surface area contributed by atoms with E-state index in [1.807, 2.05) is 0 Å². The summed E-state index contributed by atoms with van der Waals surface area (Å²) in [6, 6.07) is 0.836. The summed E-state index contributed by atoms with van der Waals surface area (Å²) in [5.74, 6) is 0. The Hall–Kier alpha value is -0.0400. The molecule has 1 nitrogen and oxygen atoms in total. The van der Waals surface area contributed by atoms with E-state index >= 15 is 0 Å². The van der Waals surface area contributed by atoms with E-state index < -0.39 is 0 Å². The van der Waals surface area contributed by atoms with Crippen LogP contribution in [0.4, 0.5) is 0 Å². The molecule has 1 saturated heterocycles. The van der Waals surface area contributed by atoms with Crippen molar-refractivity contribution >= 4 is 0 Å². The van der Waals surface area contributed by atoms with Crippen molar-refractivity contribution in [1.82, 2.24) is 5.32 Å². The van der Waals surface area contributed by atoms with Gasteiger partial charge in [0, 0.05) is 6.04 Å². The Bertz CT molecular complexity index is 196. The largest absolute Gasteiger partial charge is 0.314 e. The van der Waals surface area contributed by atoms with E-state index in [1.54, 1.807) is 0 Å². The second-order valence-corrected chi connectivity index (χ2v) is 7.08. The molecule has 0 saturated carbocycles. The van der Waals surface area contributed by atoms with Gasteiger partial charge in [0.1, 0.15) is 0 Å². The lowest BCUT2D eigenvalue weighted by Gasteiger charge is -2.38. The van der Waals surface area contributed by atoms with Gasteiger partial charge in [-0.1, -0.05) is 72.1 Å². The number of nitrogens with one attached hydrogen (secondary N) is 1. The van der Waals surface area contributed by atoms with Crippen LogP contribution in [-0.4, -0.2) is 12.6 Å². The highest BCUT2D eigenvalue weighted by Gasteiger charge is 2.29. The molecular weight excluding hydrogens is 230 g/mol. The van der Waals surface area contributed by atoms with Gasteiger partial charge in [-0.25, -0.2) is 0 Å². The Morgan fingerprint density at radius 2 is 1.42 bits per heavy atom. The van der Waals surface area contributed by atoms with E-state index in [-0.39, 0.29) is 0 Å². The lowest BCUT2D eigenvalue weighted by molar-refractivity contribution is 0.173. The molecule has 1 heteroatoms. The van der Waals surface area contributed by atoms with E-state index in [4.69, 9.17) is 0 Å². The average Bonchev–Trinajstić information content (AvgIpc) is 2.36. The molecule has 1 heterocycles. The van der Waals surface area contributed by atoms with E-state index in [2.05, 4.69) is 26.1 Å². The maximum absolute atomic E-state index is 3.60. The van der Waals surface area contributed by atoms with Crippen LogP contribution in [0.1, 0.15) is 97.8 Å². The first-order chi connectivity index (χ1) is 9.20. The predicted octanol–water partition coefficient (Wildman–Crippen LogP) is 5.69. The van der Waals surface area contributed by atoms with Crippen LogP contribution in [0.3, 0.4) is 0 Å². The molecule has 0 bridgehead atoms. The molecule has 0 spiro atoms. The first kappa shape index (κ1) is 17.0. The molecule has 0 radical (unpaired) electrons. The number of hydrogen-bond acceptors (Lipinski definition) is 1. The number of unbranched alkanes of at least 4 members (excludes halogenated alkanes) is 6. The van der Waals surface area contributed by atoms with E-state index in [9.17, 15) is 0 Å². The van der Waals surface area contributed by atoms with Crippen molar-refractivity contribution in [2.24, 2.45) is 5.41 Å². The summed E-state index contributed by atoms with van der Waals surface area (Å²) >= 11 is 0. The van der Waals surface area contributed by atoms with Gasteiger partial charge in [-0.3, -0.25) is 0 Å². The van der Waals surface area contributed by atoms with Gasteiger partial charge in [-0.15, -0.1) is 0 Å². The summed E-state index contributed by atoms with van der Waals surface area (Å²) < 4.78 is 0. The van der Waals surface area contributed by atoms with Crippen molar-refractivity contribution in [1.29, 1.82) is 0 Å².